The molecule has 0 fully saturated rings. The zero-order valence-electron chi connectivity index (χ0n) is 9.92. The topological polar surface area (TPSA) is 61.5 Å². The smallest absolute Gasteiger partial charge is 0.343 e. The normalized spacial score (nSPS) is 9.83. The first-order valence-electron chi connectivity index (χ1n) is 5.41. The number of hydrogen-bond acceptors (Lipinski definition) is 4. The molecule has 0 aliphatic carbocycles. The van der Waals surface area contributed by atoms with E-state index in [0.717, 1.165) is 0 Å². The molecular weight excluding hydrogens is 230 g/mol. The molecule has 0 bridgehead atoms. The summed E-state index contributed by atoms with van der Waals surface area (Å²) < 4.78 is 10.3. The van der Waals surface area contributed by atoms with E-state index in [1.165, 1.54) is 0 Å². The molecule has 0 aromatic heterocycles. The lowest BCUT2D eigenvalue weighted by Crippen LogP contribution is -2.08. The molecule has 0 aliphatic heterocycles. The fourth-order valence-corrected chi connectivity index (χ4v) is 1.45. The minimum atomic E-state index is -0.428. The summed E-state index contributed by atoms with van der Waals surface area (Å²) in [5.41, 5.74) is 6.60. The zero-order chi connectivity index (χ0) is 13.0. The van der Waals surface area contributed by atoms with Crippen molar-refractivity contribution in [2.45, 2.75) is 0 Å². The number of esters is 1. The number of ether oxygens (including phenoxy) is 2. The summed E-state index contributed by atoms with van der Waals surface area (Å²) in [4.78, 5) is 11.8. The molecular formula is C14H13NO3. The van der Waals surface area contributed by atoms with E-state index in [4.69, 9.17) is 15.2 Å². The van der Waals surface area contributed by atoms with E-state index in [9.17, 15) is 4.79 Å². The lowest BCUT2D eigenvalue weighted by molar-refractivity contribution is 0.0734. The maximum Gasteiger partial charge on any atom is 0.343 e. The number of nitrogens with two attached hydrogens (primary N) is 1. The molecule has 0 heterocycles. The fourth-order valence-electron chi connectivity index (χ4n) is 1.45. The zero-order valence-corrected chi connectivity index (χ0v) is 9.92. The number of anilines is 1. The van der Waals surface area contributed by atoms with Crippen LogP contribution in [-0.2, 0) is 0 Å². The van der Waals surface area contributed by atoms with Crippen molar-refractivity contribution >= 4 is 11.7 Å². The van der Waals surface area contributed by atoms with Crippen LogP contribution in [0.2, 0.25) is 0 Å². The van der Waals surface area contributed by atoms with Gasteiger partial charge in [-0.25, -0.2) is 4.79 Å². The predicted octanol–water partition coefficient (Wildman–Crippen LogP) is 2.50. The van der Waals surface area contributed by atoms with E-state index in [1.54, 1.807) is 55.6 Å². The second kappa shape index (κ2) is 5.23. The average molecular weight is 243 g/mol. The highest BCUT2D eigenvalue weighted by Crippen LogP contribution is 2.20. The maximum absolute atomic E-state index is 11.8. The number of methoxy groups -OCH3 is 1. The molecule has 2 aromatic rings. The number of nitrogen functional groups attached to an aromatic ring is 1. The van der Waals surface area contributed by atoms with Crippen molar-refractivity contribution < 1.29 is 14.3 Å². The van der Waals surface area contributed by atoms with Gasteiger partial charge in [-0.05, 0) is 36.4 Å². The molecule has 4 nitrogen and oxygen atoms in total. The second-order valence-corrected chi connectivity index (χ2v) is 3.69. The highest BCUT2D eigenvalue weighted by Gasteiger charge is 2.08. The molecule has 0 spiro atoms. The van der Waals surface area contributed by atoms with Gasteiger partial charge < -0.3 is 15.2 Å². The Morgan fingerprint density at radius 3 is 2.39 bits per heavy atom. The third kappa shape index (κ3) is 2.79. The van der Waals surface area contributed by atoms with Crippen LogP contribution in [0.5, 0.6) is 11.5 Å². The first-order valence-corrected chi connectivity index (χ1v) is 5.41. The summed E-state index contributed by atoms with van der Waals surface area (Å²) in [6.07, 6.45) is 0. The lowest BCUT2D eigenvalue weighted by atomic mass is 10.2. The Hall–Kier alpha value is -2.49. The molecule has 4 heteroatoms. The minimum Gasteiger partial charge on any atom is -0.497 e. The summed E-state index contributed by atoms with van der Waals surface area (Å²) in [6, 6.07) is 13.4. The van der Waals surface area contributed by atoms with Crippen LogP contribution >= 0.6 is 0 Å². The van der Waals surface area contributed by atoms with Gasteiger partial charge in [0, 0.05) is 11.8 Å². The van der Waals surface area contributed by atoms with Gasteiger partial charge in [0.15, 0.2) is 0 Å². The Balaban J connectivity index is 2.13. The molecule has 0 amide bonds. The van der Waals surface area contributed by atoms with Crippen LogP contribution in [0.3, 0.4) is 0 Å². The van der Waals surface area contributed by atoms with E-state index in [1.807, 2.05) is 0 Å². The van der Waals surface area contributed by atoms with E-state index in [-0.39, 0.29) is 0 Å². The van der Waals surface area contributed by atoms with E-state index in [2.05, 4.69) is 0 Å². The van der Waals surface area contributed by atoms with Gasteiger partial charge in [0.2, 0.25) is 0 Å². The third-order valence-corrected chi connectivity index (χ3v) is 2.40. The summed E-state index contributed by atoms with van der Waals surface area (Å²) in [5.74, 6) is 0.650. The highest BCUT2D eigenvalue weighted by atomic mass is 16.5. The van der Waals surface area contributed by atoms with Crippen LogP contribution in [0.4, 0.5) is 5.69 Å². The Morgan fingerprint density at radius 1 is 1.06 bits per heavy atom. The molecule has 0 radical (unpaired) electrons. The molecule has 2 N–H and O–H groups in total. The molecule has 2 aromatic carbocycles. The van der Waals surface area contributed by atoms with Crippen molar-refractivity contribution in [3.05, 3.63) is 54.1 Å². The summed E-state index contributed by atoms with van der Waals surface area (Å²) in [6.45, 7) is 0. The predicted molar refractivity (Wildman–Crippen MR) is 68.8 cm³/mol. The Bertz CT molecular complexity index is 549. The number of benzene rings is 2. The highest BCUT2D eigenvalue weighted by molar-refractivity contribution is 5.91. The van der Waals surface area contributed by atoms with E-state index < -0.39 is 5.97 Å². The van der Waals surface area contributed by atoms with Gasteiger partial charge in [0.25, 0.3) is 0 Å². The molecule has 0 aliphatic rings. The van der Waals surface area contributed by atoms with Crippen molar-refractivity contribution in [1.29, 1.82) is 0 Å². The quantitative estimate of drug-likeness (QED) is 0.511. The van der Waals surface area contributed by atoms with Crippen molar-refractivity contribution in [2.24, 2.45) is 0 Å². The van der Waals surface area contributed by atoms with Crippen molar-refractivity contribution in [3.8, 4) is 11.5 Å². The van der Waals surface area contributed by atoms with E-state index >= 15 is 0 Å². The van der Waals surface area contributed by atoms with E-state index in [0.29, 0.717) is 22.7 Å². The standard InChI is InChI=1S/C14H13NO3/c1-17-12-3-2-4-13(9-12)18-14(16)10-5-7-11(15)8-6-10/h2-9H,15H2,1H3. The van der Waals surface area contributed by atoms with Crippen LogP contribution in [0.15, 0.2) is 48.5 Å². The summed E-state index contributed by atoms with van der Waals surface area (Å²) in [5, 5.41) is 0. The number of carbonyl (C=O) groups excluding carboxylic acids is 1. The van der Waals surface area contributed by atoms with Crippen LogP contribution in [0.1, 0.15) is 10.4 Å². The number of carbonyl (C=O) groups is 1. The Kier molecular flexibility index (Phi) is 3.48. The van der Waals surface area contributed by atoms with Crippen molar-refractivity contribution in [2.75, 3.05) is 12.8 Å². The Labute approximate surface area is 105 Å². The molecule has 0 unspecified atom stereocenters. The van der Waals surface area contributed by atoms with Gasteiger partial charge in [0.1, 0.15) is 11.5 Å². The van der Waals surface area contributed by atoms with Gasteiger partial charge >= 0.3 is 5.97 Å². The molecule has 0 saturated heterocycles. The fraction of sp³-hybridized carbons (Fsp3) is 0.0714. The van der Waals surface area contributed by atoms with Gasteiger partial charge in [-0.15, -0.1) is 0 Å². The molecule has 0 saturated carbocycles. The summed E-state index contributed by atoms with van der Waals surface area (Å²) >= 11 is 0. The van der Waals surface area contributed by atoms with Gasteiger partial charge in [-0.3, -0.25) is 0 Å². The second-order valence-electron chi connectivity index (χ2n) is 3.69. The SMILES string of the molecule is COc1cccc(OC(=O)c2ccc(N)cc2)c1. The number of rotatable bonds is 3. The first kappa shape index (κ1) is 12.0. The monoisotopic (exact) mass is 243 g/mol. The van der Waals surface area contributed by atoms with Crippen LogP contribution in [0, 0.1) is 0 Å². The van der Waals surface area contributed by atoms with Crippen LogP contribution in [0.25, 0.3) is 0 Å². The molecule has 18 heavy (non-hydrogen) atoms. The van der Waals surface area contributed by atoms with Crippen LogP contribution in [-0.4, -0.2) is 13.1 Å². The van der Waals surface area contributed by atoms with Crippen molar-refractivity contribution in [1.82, 2.24) is 0 Å². The Morgan fingerprint density at radius 2 is 1.72 bits per heavy atom. The van der Waals surface area contributed by atoms with Crippen molar-refractivity contribution in [3.63, 3.8) is 0 Å². The number of hydrogen-bond donors (Lipinski definition) is 1. The average Bonchev–Trinajstić information content (AvgIpc) is 2.39. The summed E-state index contributed by atoms with van der Waals surface area (Å²) in [7, 11) is 1.56. The van der Waals surface area contributed by atoms with Gasteiger partial charge in [0.05, 0.1) is 12.7 Å². The lowest BCUT2D eigenvalue weighted by Gasteiger charge is -2.06. The van der Waals surface area contributed by atoms with Gasteiger partial charge in [-0.2, -0.15) is 0 Å². The van der Waals surface area contributed by atoms with Gasteiger partial charge in [-0.1, -0.05) is 6.07 Å². The maximum atomic E-state index is 11.8. The first-order chi connectivity index (χ1) is 8.69. The molecule has 0 atom stereocenters. The molecule has 92 valence electrons. The third-order valence-electron chi connectivity index (χ3n) is 2.40. The van der Waals surface area contributed by atoms with Crippen LogP contribution < -0.4 is 15.2 Å². The molecule has 2 rings (SSSR count). The largest absolute Gasteiger partial charge is 0.497 e. The minimum absolute atomic E-state index is 0.428.